The Balaban J connectivity index is 2.14. The Bertz CT molecular complexity index is 1060. The molecule has 0 radical (unpaired) electrons. The molecule has 0 bridgehead atoms. The molecular weight excluding hydrogens is 348 g/mol. The Kier molecular flexibility index (Phi) is 5.12. The van der Waals surface area contributed by atoms with Crippen LogP contribution in [0.25, 0.3) is 22.9 Å². The van der Waals surface area contributed by atoms with Crippen LogP contribution in [0.1, 0.15) is 21.5 Å². The zero-order valence-corrected chi connectivity index (χ0v) is 14.7. The van der Waals surface area contributed by atoms with Gasteiger partial charge in [-0.3, -0.25) is 10.1 Å². The highest BCUT2D eigenvalue weighted by atomic mass is 16.6. The maximum absolute atomic E-state index is 11.8. The largest absolute Gasteiger partial charge is 0.481 e. The van der Waals surface area contributed by atoms with Crippen LogP contribution in [0, 0.1) is 10.1 Å². The maximum atomic E-state index is 11.8. The summed E-state index contributed by atoms with van der Waals surface area (Å²) in [5.74, 6) is -0.166. The standard InChI is InChI=1S/C20H16N2O5/c1-26-19-17(16-6-4-3-5-15(16)12-21-19)9-7-13-11-14(20(23)27-2)8-10-18(13)22(24)25/h3-12H,1-2H3/b9-7+. The predicted molar refractivity (Wildman–Crippen MR) is 102 cm³/mol. The number of ether oxygens (including phenoxy) is 2. The van der Waals surface area contributed by atoms with Crippen LogP contribution in [0.5, 0.6) is 5.88 Å². The van der Waals surface area contributed by atoms with Gasteiger partial charge in [-0.15, -0.1) is 0 Å². The number of nitrogens with zero attached hydrogens (tertiary/aromatic N) is 2. The van der Waals surface area contributed by atoms with Crippen molar-refractivity contribution in [2.24, 2.45) is 0 Å². The maximum Gasteiger partial charge on any atom is 0.337 e. The molecule has 0 atom stereocenters. The van der Waals surface area contributed by atoms with E-state index in [2.05, 4.69) is 9.72 Å². The summed E-state index contributed by atoms with van der Waals surface area (Å²) in [7, 11) is 2.76. The number of methoxy groups -OCH3 is 2. The number of hydrogen-bond acceptors (Lipinski definition) is 6. The smallest absolute Gasteiger partial charge is 0.337 e. The molecule has 0 N–H and O–H groups in total. The summed E-state index contributed by atoms with van der Waals surface area (Å²) >= 11 is 0. The lowest BCUT2D eigenvalue weighted by molar-refractivity contribution is -0.385. The van der Waals surface area contributed by atoms with E-state index in [1.807, 2.05) is 24.3 Å². The first-order chi connectivity index (χ1) is 13.0. The molecule has 0 saturated carbocycles. The van der Waals surface area contributed by atoms with Gasteiger partial charge in [-0.1, -0.05) is 24.3 Å². The Morgan fingerprint density at radius 1 is 1.15 bits per heavy atom. The highest BCUT2D eigenvalue weighted by Gasteiger charge is 2.16. The molecule has 0 aliphatic rings. The van der Waals surface area contributed by atoms with Gasteiger partial charge in [0.05, 0.1) is 30.3 Å². The zero-order chi connectivity index (χ0) is 19.4. The lowest BCUT2D eigenvalue weighted by Crippen LogP contribution is -2.02. The van der Waals surface area contributed by atoms with Crippen LogP contribution in [-0.4, -0.2) is 30.1 Å². The summed E-state index contributed by atoms with van der Waals surface area (Å²) in [6, 6.07) is 11.7. The second-order valence-corrected chi connectivity index (χ2v) is 5.62. The van der Waals surface area contributed by atoms with E-state index in [0.29, 0.717) is 11.4 Å². The van der Waals surface area contributed by atoms with Crippen molar-refractivity contribution in [1.29, 1.82) is 0 Å². The number of pyridine rings is 1. The minimum Gasteiger partial charge on any atom is -0.481 e. The number of esters is 1. The lowest BCUT2D eigenvalue weighted by atomic mass is 10.0. The van der Waals surface area contributed by atoms with Gasteiger partial charge in [0.15, 0.2) is 0 Å². The molecule has 0 aliphatic heterocycles. The molecule has 0 aliphatic carbocycles. The number of aromatic nitrogens is 1. The molecule has 1 aromatic heterocycles. The van der Waals surface area contributed by atoms with Crippen molar-refractivity contribution in [3.63, 3.8) is 0 Å². The molecule has 7 nitrogen and oxygen atoms in total. The predicted octanol–water partition coefficient (Wildman–Crippen LogP) is 4.11. The molecule has 3 aromatic rings. The van der Waals surface area contributed by atoms with E-state index in [-0.39, 0.29) is 16.8 Å². The average Bonchev–Trinajstić information content (AvgIpc) is 2.70. The van der Waals surface area contributed by atoms with Crippen LogP contribution >= 0.6 is 0 Å². The Morgan fingerprint density at radius 2 is 1.93 bits per heavy atom. The first-order valence-corrected chi connectivity index (χ1v) is 8.01. The number of benzene rings is 2. The Hall–Kier alpha value is -3.74. The highest BCUT2D eigenvalue weighted by molar-refractivity contribution is 5.95. The molecular formula is C20H16N2O5. The van der Waals surface area contributed by atoms with Crippen molar-refractivity contribution in [1.82, 2.24) is 4.98 Å². The first-order valence-electron chi connectivity index (χ1n) is 8.01. The fourth-order valence-corrected chi connectivity index (χ4v) is 2.76. The van der Waals surface area contributed by atoms with Crippen LogP contribution < -0.4 is 4.74 Å². The van der Waals surface area contributed by atoms with Gasteiger partial charge < -0.3 is 9.47 Å². The molecule has 1 heterocycles. The van der Waals surface area contributed by atoms with Gasteiger partial charge in [-0.25, -0.2) is 9.78 Å². The minimum absolute atomic E-state index is 0.119. The van der Waals surface area contributed by atoms with Gasteiger partial charge in [0.2, 0.25) is 5.88 Å². The average molecular weight is 364 g/mol. The van der Waals surface area contributed by atoms with Crippen molar-refractivity contribution in [3.05, 3.63) is 75.5 Å². The molecule has 136 valence electrons. The number of fused-ring (bicyclic) bond motifs is 1. The second-order valence-electron chi connectivity index (χ2n) is 5.62. The molecule has 0 amide bonds. The summed E-state index contributed by atoms with van der Waals surface area (Å²) in [6.07, 6.45) is 4.96. The third-order valence-electron chi connectivity index (χ3n) is 4.07. The van der Waals surface area contributed by atoms with Crippen LogP contribution in [0.2, 0.25) is 0 Å². The van der Waals surface area contributed by atoms with Gasteiger partial charge in [-0.2, -0.15) is 0 Å². The summed E-state index contributed by atoms with van der Waals surface area (Å²) in [4.78, 5) is 26.9. The zero-order valence-electron chi connectivity index (χ0n) is 14.7. The molecule has 0 fully saturated rings. The van der Waals surface area contributed by atoms with Gasteiger partial charge in [0, 0.05) is 23.2 Å². The molecule has 0 spiro atoms. The normalized spacial score (nSPS) is 10.9. The molecule has 3 rings (SSSR count). The van der Waals surface area contributed by atoms with Crippen molar-refractivity contribution < 1.29 is 19.2 Å². The van der Waals surface area contributed by atoms with Crippen LogP contribution in [0.15, 0.2) is 48.7 Å². The van der Waals surface area contributed by atoms with Crippen molar-refractivity contribution >= 4 is 34.6 Å². The number of nitro groups is 1. The van der Waals surface area contributed by atoms with Crippen LogP contribution in [0.4, 0.5) is 5.69 Å². The SMILES string of the molecule is COC(=O)c1ccc([N+](=O)[O-])c(/C=C/c2c(OC)ncc3ccccc23)c1. The fraction of sp³-hybridized carbons (Fsp3) is 0.100. The number of hydrogen-bond donors (Lipinski definition) is 0. The molecule has 7 heteroatoms. The van der Waals surface area contributed by atoms with E-state index in [1.54, 1.807) is 18.3 Å². The quantitative estimate of drug-likeness (QED) is 0.384. The summed E-state index contributed by atoms with van der Waals surface area (Å²) < 4.78 is 10.0. The summed E-state index contributed by atoms with van der Waals surface area (Å²) in [5, 5.41) is 13.1. The Labute approximate surface area is 155 Å². The van der Waals surface area contributed by atoms with E-state index in [9.17, 15) is 14.9 Å². The first kappa shape index (κ1) is 18.1. The van der Waals surface area contributed by atoms with Crippen molar-refractivity contribution in [3.8, 4) is 5.88 Å². The third-order valence-corrected chi connectivity index (χ3v) is 4.07. The number of nitro benzene ring substituents is 1. The van der Waals surface area contributed by atoms with Gasteiger partial charge in [-0.05, 0) is 29.7 Å². The van der Waals surface area contributed by atoms with E-state index in [0.717, 1.165) is 10.8 Å². The molecule has 27 heavy (non-hydrogen) atoms. The Morgan fingerprint density at radius 3 is 2.63 bits per heavy atom. The van der Waals surface area contributed by atoms with Crippen LogP contribution in [-0.2, 0) is 4.74 Å². The van der Waals surface area contributed by atoms with Gasteiger partial charge in [0.1, 0.15) is 0 Å². The van der Waals surface area contributed by atoms with E-state index < -0.39 is 10.9 Å². The second kappa shape index (κ2) is 7.65. The molecule has 0 unspecified atom stereocenters. The van der Waals surface area contributed by atoms with Gasteiger partial charge >= 0.3 is 5.97 Å². The number of rotatable bonds is 5. The van der Waals surface area contributed by atoms with Crippen molar-refractivity contribution in [2.45, 2.75) is 0 Å². The van der Waals surface area contributed by atoms with Gasteiger partial charge in [0.25, 0.3) is 5.69 Å². The fourth-order valence-electron chi connectivity index (χ4n) is 2.76. The van der Waals surface area contributed by atoms with Crippen LogP contribution in [0.3, 0.4) is 0 Å². The lowest BCUT2D eigenvalue weighted by Gasteiger charge is -2.08. The minimum atomic E-state index is -0.566. The summed E-state index contributed by atoms with van der Waals surface area (Å²) in [5.41, 5.74) is 1.07. The number of carbonyl (C=O) groups excluding carboxylic acids is 1. The topological polar surface area (TPSA) is 91.6 Å². The third kappa shape index (κ3) is 3.62. The highest BCUT2D eigenvalue weighted by Crippen LogP contribution is 2.29. The van der Waals surface area contributed by atoms with E-state index >= 15 is 0 Å². The van der Waals surface area contributed by atoms with Crippen molar-refractivity contribution in [2.75, 3.05) is 14.2 Å². The van der Waals surface area contributed by atoms with E-state index in [1.165, 1.54) is 32.4 Å². The molecule has 0 saturated heterocycles. The summed E-state index contributed by atoms with van der Waals surface area (Å²) in [6.45, 7) is 0. The number of carbonyl (C=O) groups is 1. The van der Waals surface area contributed by atoms with E-state index in [4.69, 9.17) is 4.74 Å². The molecule has 2 aromatic carbocycles. The monoisotopic (exact) mass is 364 g/mol.